The Bertz CT molecular complexity index is 1200. The van der Waals surface area contributed by atoms with E-state index in [4.69, 9.17) is 11.6 Å². The number of aliphatic hydroxyl groups is 1. The molecule has 1 aliphatic rings. The van der Waals surface area contributed by atoms with E-state index in [0.29, 0.717) is 57.0 Å². The first kappa shape index (κ1) is 21.7. The molecule has 0 saturated heterocycles. The fourth-order valence-corrected chi connectivity index (χ4v) is 4.04. The average molecular weight is 436 g/mol. The number of fused-ring (bicyclic) bond motifs is 1. The molecular formula is C24H26FN5O2. The molecule has 7 nitrogen and oxygen atoms in total. The molecule has 4 rings (SSSR count). The van der Waals surface area contributed by atoms with Crippen molar-refractivity contribution in [1.82, 2.24) is 9.88 Å². The number of nitrogens with two attached hydrogens (primary N) is 2. The van der Waals surface area contributed by atoms with Crippen LogP contribution in [0.1, 0.15) is 46.6 Å². The molecule has 0 unspecified atom stereocenters. The number of hydrogen-bond acceptors (Lipinski definition) is 6. The van der Waals surface area contributed by atoms with Crippen molar-refractivity contribution in [2.24, 2.45) is 5.84 Å². The van der Waals surface area contributed by atoms with E-state index in [-0.39, 0.29) is 12.5 Å². The van der Waals surface area contributed by atoms with Crippen LogP contribution in [-0.2, 0) is 18.7 Å². The lowest BCUT2D eigenvalue weighted by molar-refractivity contribution is 0.0763. The molecule has 0 aliphatic carbocycles. The van der Waals surface area contributed by atoms with E-state index in [1.165, 1.54) is 6.07 Å². The highest BCUT2D eigenvalue weighted by Crippen LogP contribution is 2.38. The quantitative estimate of drug-likeness (QED) is 0.277. The zero-order valence-electron chi connectivity index (χ0n) is 18.2. The first-order valence-corrected chi connectivity index (χ1v) is 10.3. The lowest BCUT2D eigenvalue weighted by atomic mass is 9.91. The Morgan fingerprint density at radius 2 is 2.00 bits per heavy atom. The fourth-order valence-electron chi connectivity index (χ4n) is 4.04. The van der Waals surface area contributed by atoms with E-state index in [2.05, 4.69) is 10.4 Å². The molecule has 166 valence electrons. The summed E-state index contributed by atoms with van der Waals surface area (Å²) in [7, 11) is 0. The van der Waals surface area contributed by atoms with Gasteiger partial charge in [-0.05, 0) is 67.8 Å². The first-order valence-electron chi connectivity index (χ1n) is 10.3. The van der Waals surface area contributed by atoms with Gasteiger partial charge >= 0.3 is 0 Å². The van der Waals surface area contributed by atoms with Crippen LogP contribution in [0, 0.1) is 12.7 Å². The topological polar surface area (TPSA) is 118 Å². The number of anilines is 2. The van der Waals surface area contributed by atoms with Gasteiger partial charge in [-0.25, -0.2) is 4.39 Å². The van der Waals surface area contributed by atoms with Crippen LogP contribution in [0.4, 0.5) is 15.8 Å². The molecule has 0 fully saturated rings. The molecule has 0 atom stereocenters. The Morgan fingerprint density at radius 3 is 2.62 bits per heavy atom. The smallest absolute Gasteiger partial charge is 0.256 e. The summed E-state index contributed by atoms with van der Waals surface area (Å²) in [6.45, 7) is 5.58. The largest absolute Gasteiger partial charge is 0.397 e. The van der Waals surface area contributed by atoms with Gasteiger partial charge in [-0.1, -0.05) is 6.07 Å². The number of benzene rings is 2. The van der Waals surface area contributed by atoms with E-state index < -0.39 is 11.4 Å². The van der Waals surface area contributed by atoms with Crippen molar-refractivity contribution in [2.75, 3.05) is 11.2 Å². The Kier molecular flexibility index (Phi) is 5.36. The molecule has 8 heteroatoms. The second kappa shape index (κ2) is 7.89. The van der Waals surface area contributed by atoms with Gasteiger partial charge in [0.25, 0.3) is 5.91 Å². The minimum absolute atomic E-state index is 0.140. The van der Waals surface area contributed by atoms with E-state index >= 15 is 4.39 Å². The molecule has 32 heavy (non-hydrogen) atoms. The van der Waals surface area contributed by atoms with Crippen molar-refractivity contribution < 1.29 is 14.3 Å². The van der Waals surface area contributed by atoms with E-state index in [9.17, 15) is 9.90 Å². The Labute approximate surface area is 185 Å². The summed E-state index contributed by atoms with van der Waals surface area (Å²) in [4.78, 5) is 18.5. The van der Waals surface area contributed by atoms with Crippen LogP contribution < -0.4 is 17.0 Å². The number of rotatable bonds is 5. The number of hydrazine groups is 1. The molecule has 2 aromatic carbocycles. The number of hydrogen-bond donors (Lipinski definition) is 4. The summed E-state index contributed by atoms with van der Waals surface area (Å²) < 4.78 is 15.3. The Morgan fingerprint density at radius 1 is 1.25 bits per heavy atom. The predicted molar refractivity (Wildman–Crippen MR) is 122 cm³/mol. The monoisotopic (exact) mass is 435 g/mol. The summed E-state index contributed by atoms with van der Waals surface area (Å²) in [6, 6.07) is 10.1. The van der Waals surface area contributed by atoms with Gasteiger partial charge in [0.05, 0.1) is 34.8 Å². The summed E-state index contributed by atoms with van der Waals surface area (Å²) in [5, 5.41) is 10.4. The van der Waals surface area contributed by atoms with Crippen molar-refractivity contribution in [3.05, 3.63) is 76.4 Å². The molecule has 1 amide bonds. The maximum Gasteiger partial charge on any atom is 0.256 e. The SMILES string of the molecule is Cc1cc(-c2cc(C(C)(C)O)cc(N)c2NN)cc(F)c1CN1Cc2ncccc2C1=O. The number of carbonyl (C=O) groups excluding carboxylic acids is 1. The van der Waals surface area contributed by atoms with Crippen LogP contribution >= 0.6 is 0 Å². The van der Waals surface area contributed by atoms with Crippen LogP contribution in [0.3, 0.4) is 0 Å². The highest BCUT2D eigenvalue weighted by atomic mass is 19.1. The van der Waals surface area contributed by atoms with Crippen LogP contribution in [0.2, 0.25) is 0 Å². The van der Waals surface area contributed by atoms with E-state index in [0.717, 1.165) is 0 Å². The number of nitrogens with zero attached hydrogens (tertiary/aromatic N) is 2. The van der Waals surface area contributed by atoms with Gasteiger partial charge in [-0.2, -0.15) is 0 Å². The van der Waals surface area contributed by atoms with Crippen molar-refractivity contribution in [1.29, 1.82) is 0 Å². The number of nitrogens with one attached hydrogen (secondary N) is 1. The van der Waals surface area contributed by atoms with Gasteiger partial charge in [-0.15, -0.1) is 0 Å². The summed E-state index contributed by atoms with van der Waals surface area (Å²) in [5.41, 5.74) is 12.5. The number of halogens is 1. The molecule has 1 aromatic heterocycles. The molecule has 2 heterocycles. The Balaban J connectivity index is 1.72. The summed E-state index contributed by atoms with van der Waals surface area (Å²) in [5.74, 6) is 5.09. The van der Waals surface area contributed by atoms with E-state index in [1.54, 1.807) is 56.1 Å². The average Bonchev–Trinajstić information content (AvgIpc) is 3.05. The second-order valence-corrected chi connectivity index (χ2v) is 8.60. The fraction of sp³-hybridized carbons (Fsp3) is 0.250. The summed E-state index contributed by atoms with van der Waals surface area (Å²) in [6.07, 6.45) is 1.65. The molecule has 3 aromatic rings. The maximum absolute atomic E-state index is 15.3. The lowest BCUT2D eigenvalue weighted by Crippen LogP contribution is -2.24. The van der Waals surface area contributed by atoms with Gasteiger partial charge in [-0.3, -0.25) is 15.6 Å². The van der Waals surface area contributed by atoms with Crippen molar-refractivity contribution in [3.8, 4) is 11.1 Å². The molecule has 0 spiro atoms. The third-order valence-corrected chi connectivity index (χ3v) is 5.85. The Hall–Kier alpha value is -3.49. The zero-order valence-corrected chi connectivity index (χ0v) is 18.2. The molecule has 1 aliphatic heterocycles. The first-order chi connectivity index (χ1) is 15.1. The number of aryl methyl sites for hydroxylation is 1. The highest BCUT2D eigenvalue weighted by Gasteiger charge is 2.29. The van der Waals surface area contributed by atoms with E-state index in [1.807, 2.05) is 6.07 Å². The number of aromatic nitrogens is 1. The number of carbonyl (C=O) groups is 1. The predicted octanol–water partition coefficient (Wildman–Crippen LogP) is 3.45. The van der Waals surface area contributed by atoms with Gasteiger partial charge in [0.2, 0.25) is 0 Å². The zero-order chi connectivity index (χ0) is 23.2. The lowest BCUT2D eigenvalue weighted by Gasteiger charge is -2.23. The standard InChI is InChI=1S/C24H26FN5O2/c1-13-7-14(17-9-15(24(2,3)32)10-20(26)22(17)29-27)8-19(25)18(13)11-30-12-21-16(23(30)31)5-4-6-28-21/h4-10,29,32H,11-12,26-27H2,1-3H3. The van der Waals surface area contributed by atoms with Crippen molar-refractivity contribution in [3.63, 3.8) is 0 Å². The number of pyridine rings is 1. The molecule has 0 saturated carbocycles. The number of nitrogen functional groups attached to an aromatic ring is 2. The third kappa shape index (κ3) is 3.79. The second-order valence-electron chi connectivity index (χ2n) is 8.60. The van der Waals surface area contributed by atoms with Crippen LogP contribution in [0.25, 0.3) is 11.1 Å². The third-order valence-electron chi connectivity index (χ3n) is 5.85. The van der Waals surface area contributed by atoms with Gasteiger partial charge in [0.15, 0.2) is 0 Å². The minimum atomic E-state index is -1.14. The molecule has 0 bridgehead atoms. The van der Waals surface area contributed by atoms with Crippen LogP contribution in [0.15, 0.2) is 42.6 Å². The normalized spacial score (nSPS) is 13.4. The van der Waals surface area contributed by atoms with Gasteiger partial charge in [0, 0.05) is 23.9 Å². The van der Waals surface area contributed by atoms with Crippen LogP contribution in [-0.4, -0.2) is 20.9 Å². The number of amides is 1. The van der Waals surface area contributed by atoms with Gasteiger partial charge in [0.1, 0.15) is 5.82 Å². The van der Waals surface area contributed by atoms with Crippen molar-refractivity contribution >= 4 is 17.3 Å². The molecule has 6 N–H and O–H groups in total. The van der Waals surface area contributed by atoms with Crippen molar-refractivity contribution in [2.45, 2.75) is 39.5 Å². The van der Waals surface area contributed by atoms with Gasteiger partial charge < -0.3 is 21.2 Å². The highest BCUT2D eigenvalue weighted by molar-refractivity contribution is 5.97. The maximum atomic E-state index is 15.3. The van der Waals surface area contributed by atoms with Crippen LogP contribution in [0.5, 0.6) is 0 Å². The minimum Gasteiger partial charge on any atom is -0.397 e. The molecular weight excluding hydrogens is 409 g/mol. The summed E-state index contributed by atoms with van der Waals surface area (Å²) >= 11 is 0. The molecule has 0 radical (unpaired) electrons.